The van der Waals surface area contributed by atoms with Gasteiger partial charge in [0.1, 0.15) is 5.69 Å². The van der Waals surface area contributed by atoms with E-state index in [9.17, 15) is 9.59 Å². The Hall–Kier alpha value is -3.72. The van der Waals surface area contributed by atoms with Crippen LogP contribution in [0.1, 0.15) is 34.5 Å². The molecule has 0 N–H and O–H groups in total. The van der Waals surface area contributed by atoms with E-state index >= 15 is 0 Å². The largest absolute Gasteiger partial charge is 0.324 e. The van der Waals surface area contributed by atoms with Crippen LogP contribution in [0.15, 0.2) is 67.1 Å². The molecule has 1 unspecified atom stereocenters. The van der Waals surface area contributed by atoms with Gasteiger partial charge in [0.05, 0.1) is 24.2 Å². The van der Waals surface area contributed by atoms with Crippen LogP contribution in [-0.2, 0) is 11.3 Å². The summed E-state index contributed by atoms with van der Waals surface area (Å²) in [4.78, 5) is 31.6. The molecule has 2 aromatic carbocycles. The van der Waals surface area contributed by atoms with E-state index in [0.29, 0.717) is 30.8 Å². The summed E-state index contributed by atoms with van der Waals surface area (Å²) in [6.07, 6.45) is 4.03. The Bertz CT molecular complexity index is 1060. The van der Waals surface area contributed by atoms with Crippen LogP contribution in [0.25, 0.3) is 0 Å². The van der Waals surface area contributed by atoms with Gasteiger partial charge in [-0.1, -0.05) is 30.3 Å². The van der Waals surface area contributed by atoms with Gasteiger partial charge in [0.15, 0.2) is 5.78 Å². The van der Waals surface area contributed by atoms with E-state index in [-0.39, 0.29) is 24.0 Å². The molecule has 144 valence electrons. The second kappa shape index (κ2) is 8.11. The van der Waals surface area contributed by atoms with E-state index in [1.54, 1.807) is 34.1 Å². The van der Waals surface area contributed by atoms with Crippen LogP contribution >= 0.6 is 0 Å². The summed E-state index contributed by atoms with van der Waals surface area (Å²) in [7, 11) is 0. The van der Waals surface area contributed by atoms with E-state index in [1.165, 1.54) is 0 Å². The number of imidazole rings is 1. The minimum atomic E-state index is -0.334. The van der Waals surface area contributed by atoms with Crippen molar-refractivity contribution in [3.8, 4) is 6.07 Å². The number of piperidine rings is 1. The third kappa shape index (κ3) is 3.94. The number of para-hydroxylation sites is 1. The summed E-state index contributed by atoms with van der Waals surface area (Å²) in [6.45, 7) is 1.02. The molecule has 1 atom stereocenters. The third-order valence-corrected chi connectivity index (χ3v) is 5.26. The van der Waals surface area contributed by atoms with Gasteiger partial charge in [-0.2, -0.15) is 5.26 Å². The third-order valence-electron chi connectivity index (χ3n) is 5.26. The first-order valence-electron chi connectivity index (χ1n) is 9.54. The van der Waals surface area contributed by atoms with Crippen LogP contribution in [0, 0.1) is 17.2 Å². The lowest BCUT2D eigenvalue weighted by Crippen LogP contribution is -2.41. The molecule has 0 aliphatic carbocycles. The minimum absolute atomic E-state index is 0.0287. The van der Waals surface area contributed by atoms with Crippen molar-refractivity contribution in [1.82, 2.24) is 9.55 Å². The molecule has 29 heavy (non-hydrogen) atoms. The fraction of sp³-hybridized carbons (Fsp3) is 0.217. The van der Waals surface area contributed by atoms with Gasteiger partial charge < -0.3 is 9.47 Å². The predicted octanol–water partition coefficient (Wildman–Crippen LogP) is 3.43. The van der Waals surface area contributed by atoms with Crippen molar-refractivity contribution in [2.75, 3.05) is 11.4 Å². The van der Waals surface area contributed by atoms with Gasteiger partial charge in [0, 0.05) is 31.1 Å². The number of carbonyl (C=O) groups excluding carboxylic acids is 2. The SMILES string of the molecule is N#Cc1ccc(Cn2cncc2C(=O)C2CCN(c3ccccc3)C(=O)C2)cc1. The number of nitrogens with zero attached hydrogens (tertiary/aromatic N) is 4. The normalized spacial score (nSPS) is 16.4. The number of amides is 1. The molecule has 0 spiro atoms. The molecule has 0 bridgehead atoms. The summed E-state index contributed by atoms with van der Waals surface area (Å²) < 4.78 is 1.80. The Labute approximate surface area is 169 Å². The van der Waals surface area contributed by atoms with Crippen molar-refractivity contribution in [2.24, 2.45) is 5.92 Å². The number of hydrogen-bond donors (Lipinski definition) is 0. The number of rotatable bonds is 5. The quantitative estimate of drug-likeness (QED) is 0.631. The number of hydrogen-bond acceptors (Lipinski definition) is 4. The second-order valence-electron chi connectivity index (χ2n) is 7.15. The zero-order valence-electron chi connectivity index (χ0n) is 15.9. The van der Waals surface area contributed by atoms with Crippen LogP contribution in [0.3, 0.4) is 0 Å². The molecule has 0 radical (unpaired) electrons. The van der Waals surface area contributed by atoms with Gasteiger partial charge in [0.2, 0.25) is 5.91 Å². The van der Waals surface area contributed by atoms with Gasteiger partial charge in [-0.05, 0) is 36.2 Å². The Balaban J connectivity index is 1.46. The molecule has 3 aromatic rings. The molecule has 1 amide bonds. The molecule has 1 fully saturated rings. The predicted molar refractivity (Wildman–Crippen MR) is 108 cm³/mol. The highest BCUT2D eigenvalue weighted by atomic mass is 16.2. The van der Waals surface area contributed by atoms with Gasteiger partial charge in [-0.15, -0.1) is 0 Å². The lowest BCUT2D eigenvalue weighted by Gasteiger charge is -2.31. The number of carbonyl (C=O) groups is 2. The highest BCUT2D eigenvalue weighted by Crippen LogP contribution is 2.27. The molecule has 1 aliphatic rings. The number of nitriles is 1. The van der Waals surface area contributed by atoms with E-state index < -0.39 is 0 Å². The topological polar surface area (TPSA) is 79.0 Å². The van der Waals surface area contributed by atoms with Gasteiger partial charge in [-0.25, -0.2) is 4.98 Å². The Morgan fingerprint density at radius 1 is 1.14 bits per heavy atom. The summed E-state index contributed by atoms with van der Waals surface area (Å²) in [5.41, 5.74) is 2.96. The fourth-order valence-electron chi connectivity index (χ4n) is 3.68. The van der Waals surface area contributed by atoms with E-state index in [2.05, 4.69) is 11.1 Å². The molecule has 1 saturated heterocycles. The lowest BCUT2D eigenvalue weighted by atomic mass is 9.90. The molecule has 6 nitrogen and oxygen atoms in total. The smallest absolute Gasteiger partial charge is 0.227 e. The molecule has 2 heterocycles. The average molecular weight is 384 g/mol. The van der Waals surface area contributed by atoms with Crippen molar-refractivity contribution in [3.63, 3.8) is 0 Å². The molecule has 4 rings (SSSR count). The first-order valence-corrected chi connectivity index (χ1v) is 9.54. The first-order chi connectivity index (χ1) is 14.2. The summed E-state index contributed by atoms with van der Waals surface area (Å²) >= 11 is 0. The monoisotopic (exact) mass is 384 g/mol. The van der Waals surface area contributed by atoms with Crippen LogP contribution in [0.2, 0.25) is 0 Å². The highest BCUT2D eigenvalue weighted by Gasteiger charge is 2.32. The molecule has 1 aromatic heterocycles. The van der Waals surface area contributed by atoms with Crippen molar-refractivity contribution >= 4 is 17.4 Å². The summed E-state index contributed by atoms with van der Waals surface area (Å²) in [5, 5.41) is 8.92. The van der Waals surface area contributed by atoms with Gasteiger partial charge in [-0.3, -0.25) is 9.59 Å². The Morgan fingerprint density at radius 3 is 2.59 bits per heavy atom. The second-order valence-corrected chi connectivity index (χ2v) is 7.15. The van der Waals surface area contributed by atoms with Crippen molar-refractivity contribution in [1.29, 1.82) is 5.26 Å². The zero-order valence-corrected chi connectivity index (χ0v) is 15.9. The average Bonchev–Trinajstić information content (AvgIpc) is 3.22. The zero-order chi connectivity index (χ0) is 20.2. The fourth-order valence-corrected chi connectivity index (χ4v) is 3.68. The Morgan fingerprint density at radius 2 is 1.90 bits per heavy atom. The maximum Gasteiger partial charge on any atom is 0.227 e. The molecule has 0 saturated carbocycles. The number of anilines is 1. The highest BCUT2D eigenvalue weighted by molar-refractivity contribution is 6.02. The van der Waals surface area contributed by atoms with Gasteiger partial charge in [0.25, 0.3) is 0 Å². The van der Waals surface area contributed by atoms with Gasteiger partial charge >= 0.3 is 0 Å². The number of aromatic nitrogens is 2. The van der Waals surface area contributed by atoms with Crippen LogP contribution in [0.5, 0.6) is 0 Å². The maximum atomic E-state index is 13.1. The standard InChI is InChI=1S/C23H20N4O2/c24-13-17-6-8-18(9-7-17)15-26-16-25-14-21(26)23(29)19-10-11-27(22(28)12-19)20-4-2-1-3-5-20/h1-9,14,16,19H,10-12,15H2. The molecular weight excluding hydrogens is 364 g/mol. The maximum absolute atomic E-state index is 13.1. The van der Waals surface area contributed by atoms with E-state index in [4.69, 9.17) is 5.26 Å². The first kappa shape index (κ1) is 18.6. The van der Waals surface area contributed by atoms with Crippen molar-refractivity contribution in [2.45, 2.75) is 19.4 Å². The van der Waals surface area contributed by atoms with Crippen molar-refractivity contribution < 1.29 is 9.59 Å². The van der Waals surface area contributed by atoms with E-state index in [0.717, 1.165) is 11.3 Å². The number of ketones is 1. The minimum Gasteiger partial charge on any atom is -0.324 e. The number of benzene rings is 2. The number of Topliss-reactive ketones (excluding diaryl/α,β-unsaturated/α-hetero) is 1. The Kier molecular flexibility index (Phi) is 5.21. The lowest BCUT2D eigenvalue weighted by molar-refractivity contribution is -0.120. The molecule has 6 heteroatoms. The summed E-state index contributed by atoms with van der Waals surface area (Å²) in [6, 6.07) is 18.9. The summed E-state index contributed by atoms with van der Waals surface area (Å²) in [5.74, 6) is -0.407. The van der Waals surface area contributed by atoms with Crippen molar-refractivity contribution in [3.05, 3.63) is 83.9 Å². The van der Waals surface area contributed by atoms with Crippen LogP contribution < -0.4 is 4.90 Å². The molecule has 1 aliphatic heterocycles. The van der Waals surface area contributed by atoms with Crippen LogP contribution in [0.4, 0.5) is 5.69 Å². The molecular formula is C23H20N4O2. The van der Waals surface area contributed by atoms with Crippen LogP contribution in [-0.4, -0.2) is 27.8 Å². The van der Waals surface area contributed by atoms with E-state index in [1.807, 2.05) is 42.5 Å².